The van der Waals surface area contributed by atoms with Gasteiger partial charge in [-0.2, -0.15) is 0 Å². The van der Waals surface area contributed by atoms with Crippen LogP contribution in [0.2, 0.25) is 0 Å². The molecule has 0 aliphatic heterocycles. The number of aliphatic hydroxyl groups excluding tert-OH is 2. The minimum Gasteiger partial charge on any atom is -0.396 e. The summed E-state index contributed by atoms with van der Waals surface area (Å²) in [6, 6.07) is 0. The van der Waals surface area contributed by atoms with E-state index < -0.39 is 0 Å². The molecule has 0 aliphatic carbocycles. The summed E-state index contributed by atoms with van der Waals surface area (Å²) in [6.07, 6.45) is 15.3. The van der Waals surface area contributed by atoms with Gasteiger partial charge in [-0.25, -0.2) is 0 Å². The lowest BCUT2D eigenvalue weighted by Gasteiger charge is -2.10. The molecule has 2 N–H and O–H groups in total. The number of rotatable bonds is 14. The molecule has 0 saturated carbocycles. The van der Waals surface area contributed by atoms with Gasteiger partial charge in [-0.1, -0.05) is 71.1 Å². The van der Waals surface area contributed by atoms with Crippen molar-refractivity contribution >= 4 is 0 Å². The summed E-state index contributed by atoms with van der Waals surface area (Å²) in [5.41, 5.74) is 0. The Bertz CT molecular complexity index is 148. The molecule has 110 valence electrons. The summed E-state index contributed by atoms with van der Waals surface area (Å²) < 4.78 is 0. The van der Waals surface area contributed by atoms with Crippen molar-refractivity contribution in [3.63, 3.8) is 0 Å². The molecule has 0 spiro atoms. The minimum absolute atomic E-state index is 0.0590. The Morgan fingerprint density at radius 1 is 0.667 bits per heavy atom. The Balaban J connectivity index is 3.08. The van der Waals surface area contributed by atoms with E-state index in [1.807, 2.05) is 0 Å². The number of unbranched alkanes of at least 4 members (excludes halogenated alkanes) is 9. The Labute approximate surface area is 114 Å². The monoisotopic (exact) mass is 258 g/mol. The molecule has 0 radical (unpaired) electrons. The first-order valence-electron chi connectivity index (χ1n) is 8.10. The third-order valence-corrected chi connectivity index (χ3v) is 3.59. The van der Waals surface area contributed by atoms with E-state index in [4.69, 9.17) is 5.11 Å². The van der Waals surface area contributed by atoms with Gasteiger partial charge in [0.1, 0.15) is 0 Å². The zero-order valence-electron chi connectivity index (χ0n) is 12.4. The third kappa shape index (κ3) is 14.0. The molecular formula is C16H34O2. The first-order valence-corrected chi connectivity index (χ1v) is 8.10. The van der Waals surface area contributed by atoms with E-state index in [0.717, 1.165) is 25.7 Å². The lowest BCUT2D eigenvalue weighted by molar-refractivity contribution is 0.147. The van der Waals surface area contributed by atoms with Crippen LogP contribution in [0.1, 0.15) is 90.4 Å². The fraction of sp³-hybridized carbons (Fsp3) is 1.00. The van der Waals surface area contributed by atoms with E-state index in [9.17, 15) is 5.11 Å². The van der Waals surface area contributed by atoms with E-state index in [-0.39, 0.29) is 6.10 Å². The van der Waals surface area contributed by atoms with Crippen LogP contribution in [-0.2, 0) is 0 Å². The summed E-state index contributed by atoms with van der Waals surface area (Å²) >= 11 is 0. The molecule has 0 bridgehead atoms. The summed E-state index contributed by atoms with van der Waals surface area (Å²) in [4.78, 5) is 0. The predicted molar refractivity (Wildman–Crippen MR) is 78.8 cm³/mol. The molecule has 1 unspecified atom stereocenters. The standard InChI is InChI=1S/C16H34O2/c1-2-3-4-10-13-16(18)14-11-8-6-5-7-9-12-15-17/h16-18H,2-15H2,1H3. The van der Waals surface area contributed by atoms with Crippen LogP contribution in [0, 0.1) is 0 Å². The lowest BCUT2D eigenvalue weighted by atomic mass is 10.0. The van der Waals surface area contributed by atoms with E-state index in [1.165, 1.54) is 57.8 Å². The molecule has 0 heterocycles. The summed E-state index contributed by atoms with van der Waals surface area (Å²) in [5.74, 6) is 0. The van der Waals surface area contributed by atoms with Crippen LogP contribution in [0.4, 0.5) is 0 Å². The fourth-order valence-corrected chi connectivity index (χ4v) is 2.33. The highest BCUT2D eigenvalue weighted by Gasteiger charge is 2.03. The normalized spacial score (nSPS) is 12.8. The molecule has 0 aromatic heterocycles. The number of aliphatic hydroxyl groups is 2. The average Bonchev–Trinajstić information content (AvgIpc) is 2.38. The Morgan fingerprint density at radius 3 is 1.61 bits per heavy atom. The van der Waals surface area contributed by atoms with E-state index in [2.05, 4.69) is 6.92 Å². The Morgan fingerprint density at radius 2 is 1.11 bits per heavy atom. The first-order chi connectivity index (χ1) is 8.81. The van der Waals surface area contributed by atoms with Crippen molar-refractivity contribution < 1.29 is 10.2 Å². The van der Waals surface area contributed by atoms with Gasteiger partial charge in [-0.15, -0.1) is 0 Å². The van der Waals surface area contributed by atoms with Crippen molar-refractivity contribution in [2.45, 2.75) is 96.5 Å². The van der Waals surface area contributed by atoms with Crippen LogP contribution in [-0.4, -0.2) is 22.9 Å². The molecule has 0 amide bonds. The topological polar surface area (TPSA) is 40.5 Å². The van der Waals surface area contributed by atoms with Gasteiger partial charge >= 0.3 is 0 Å². The predicted octanol–water partition coefficient (Wildman–Crippen LogP) is 4.43. The average molecular weight is 258 g/mol. The molecule has 1 atom stereocenters. The summed E-state index contributed by atoms with van der Waals surface area (Å²) in [5, 5.41) is 18.4. The molecule has 0 aromatic rings. The molecule has 0 fully saturated rings. The highest BCUT2D eigenvalue weighted by molar-refractivity contribution is 4.57. The zero-order chi connectivity index (χ0) is 13.5. The van der Waals surface area contributed by atoms with Crippen molar-refractivity contribution in [1.29, 1.82) is 0 Å². The molecule has 0 saturated heterocycles. The first kappa shape index (κ1) is 17.9. The second-order valence-electron chi connectivity index (χ2n) is 5.49. The summed E-state index contributed by atoms with van der Waals surface area (Å²) in [6.45, 7) is 2.56. The van der Waals surface area contributed by atoms with Crippen molar-refractivity contribution in [3.8, 4) is 0 Å². The second kappa shape index (κ2) is 15.0. The molecule has 0 aliphatic rings. The van der Waals surface area contributed by atoms with Crippen LogP contribution in [0.15, 0.2) is 0 Å². The van der Waals surface area contributed by atoms with Gasteiger partial charge < -0.3 is 10.2 Å². The van der Waals surface area contributed by atoms with Crippen LogP contribution in [0.3, 0.4) is 0 Å². The van der Waals surface area contributed by atoms with E-state index in [0.29, 0.717) is 6.61 Å². The van der Waals surface area contributed by atoms with Crippen molar-refractivity contribution in [2.24, 2.45) is 0 Å². The minimum atomic E-state index is -0.0590. The highest BCUT2D eigenvalue weighted by atomic mass is 16.3. The van der Waals surface area contributed by atoms with Crippen molar-refractivity contribution in [1.82, 2.24) is 0 Å². The maximum atomic E-state index is 9.79. The molecule has 2 nitrogen and oxygen atoms in total. The lowest BCUT2D eigenvalue weighted by Crippen LogP contribution is -2.05. The SMILES string of the molecule is CCCCCCC(O)CCCCCCCCCO. The molecule has 2 heteroatoms. The number of hydrogen-bond donors (Lipinski definition) is 2. The molecule has 0 rings (SSSR count). The van der Waals surface area contributed by atoms with Gasteiger partial charge in [0, 0.05) is 6.61 Å². The van der Waals surface area contributed by atoms with Crippen molar-refractivity contribution in [3.05, 3.63) is 0 Å². The number of hydrogen-bond acceptors (Lipinski definition) is 2. The maximum absolute atomic E-state index is 9.79. The van der Waals surface area contributed by atoms with Gasteiger partial charge in [0.25, 0.3) is 0 Å². The highest BCUT2D eigenvalue weighted by Crippen LogP contribution is 2.13. The van der Waals surface area contributed by atoms with Gasteiger partial charge in [0.15, 0.2) is 0 Å². The van der Waals surface area contributed by atoms with E-state index in [1.54, 1.807) is 0 Å². The summed E-state index contributed by atoms with van der Waals surface area (Å²) in [7, 11) is 0. The van der Waals surface area contributed by atoms with Crippen LogP contribution < -0.4 is 0 Å². The maximum Gasteiger partial charge on any atom is 0.0540 e. The van der Waals surface area contributed by atoms with Crippen molar-refractivity contribution in [2.75, 3.05) is 6.61 Å². The largest absolute Gasteiger partial charge is 0.396 e. The van der Waals surface area contributed by atoms with Crippen LogP contribution >= 0.6 is 0 Å². The molecular weight excluding hydrogens is 224 g/mol. The Hall–Kier alpha value is -0.0800. The third-order valence-electron chi connectivity index (χ3n) is 3.59. The van der Waals surface area contributed by atoms with Crippen LogP contribution in [0.5, 0.6) is 0 Å². The van der Waals surface area contributed by atoms with Gasteiger partial charge in [-0.3, -0.25) is 0 Å². The molecule has 0 aromatic carbocycles. The molecule has 18 heavy (non-hydrogen) atoms. The van der Waals surface area contributed by atoms with E-state index >= 15 is 0 Å². The quantitative estimate of drug-likeness (QED) is 0.452. The smallest absolute Gasteiger partial charge is 0.0540 e. The Kier molecular flexibility index (Phi) is 14.9. The zero-order valence-corrected chi connectivity index (χ0v) is 12.4. The fourth-order valence-electron chi connectivity index (χ4n) is 2.33. The van der Waals surface area contributed by atoms with Gasteiger partial charge in [-0.05, 0) is 19.3 Å². The van der Waals surface area contributed by atoms with Gasteiger partial charge in [0.05, 0.1) is 6.10 Å². The van der Waals surface area contributed by atoms with Crippen LogP contribution in [0.25, 0.3) is 0 Å². The van der Waals surface area contributed by atoms with Gasteiger partial charge in [0.2, 0.25) is 0 Å². The second-order valence-corrected chi connectivity index (χ2v) is 5.49.